The van der Waals surface area contributed by atoms with Crippen LogP contribution in [0.2, 0.25) is 0 Å². The molecule has 1 unspecified atom stereocenters. The third-order valence-electron chi connectivity index (χ3n) is 3.37. The lowest BCUT2D eigenvalue weighted by molar-refractivity contribution is 0.623. The lowest BCUT2D eigenvalue weighted by Crippen LogP contribution is -2.04. The van der Waals surface area contributed by atoms with Crippen LogP contribution in [0, 0.1) is 5.92 Å². The largest absolute Gasteiger partial charge is 0.324 e. The summed E-state index contributed by atoms with van der Waals surface area (Å²) in [6, 6.07) is 8.87. The summed E-state index contributed by atoms with van der Waals surface area (Å²) in [6.45, 7) is 2.03. The number of hydrogen-bond donors (Lipinski definition) is 1. The number of hydrogen-bond acceptors (Lipinski definition) is 2. The summed E-state index contributed by atoms with van der Waals surface area (Å²) in [7, 11) is 0. The summed E-state index contributed by atoms with van der Waals surface area (Å²) >= 11 is 2.00. The van der Waals surface area contributed by atoms with Crippen LogP contribution in [0.15, 0.2) is 29.2 Å². The third-order valence-corrected chi connectivity index (χ3v) is 4.61. The first kappa shape index (κ1) is 12.0. The second kappa shape index (κ2) is 5.74. The van der Waals surface area contributed by atoms with Crippen LogP contribution in [0.4, 0.5) is 0 Å². The van der Waals surface area contributed by atoms with Gasteiger partial charge in [0.2, 0.25) is 0 Å². The molecule has 1 aromatic carbocycles. The van der Waals surface area contributed by atoms with E-state index in [1.807, 2.05) is 18.7 Å². The Hall–Kier alpha value is -0.470. The van der Waals surface area contributed by atoms with Gasteiger partial charge in [0.15, 0.2) is 0 Å². The Labute approximate surface area is 103 Å². The van der Waals surface area contributed by atoms with Crippen molar-refractivity contribution in [3.63, 3.8) is 0 Å². The van der Waals surface area contributed by atoms with Crippen molar-refractivity contribution in [2.75, 3.05) is 5.75 Å². The van der Waals surface area contributed by atoms with Crippen LogP contribution in [0.5, 0.6) is 0 Å². The van der Waals surface area contributed by atoms with Crippen molar-refractivity contribution in [2.24, 2.45) is 11.7 Å². The average Bonchev–Trinajstić information content (AvgIpc) is 2.80. The number of nitrogens with two attached hydrogens (primary N) is 1. The molecule has 0 aliphatic heterocycles. The van der Waals surface area contributed by atoms with Gasteiger partial charge in [-0.25, -0.2) is 0 Å². The van der Waals surface area contributed by atoms with E-state index in [9.17, 15) is 0 Å². The fourth-order valence-electron chi connectivity index (χ4n) is 2.26. The molecule has 1 nitrogen and oxygen atoms in total. The Morgan fingerprint density at radius 3 is 2.44 bits per heavy atom. The minimum Gasteiger partial charge on any atom is -0.324 e. The predicted molar refractivity (Wildman–Crippen MR) is 71.7 cm³/mol. The normalized spacial score (nSPS) is 18.9. The fraction of sp³-hybridized carbons (Fsp3) is 0.571. The molecule has 88 valence electrons. The zero-order valence-electron chi connectivity index (χ0n) is 9.99. The highest BCUT2D eigenvalue weighted by atomic mass is 32.2. The second-order valence-electron chi connectivity index (χ2n) is 4.82. The SMILES string of the molecule is CC(N)c1ccc(SCC2CCCC2)cc1. The molecule has 1 aliphatic carbocycles. The summed E-state index contributed by atoms with van der Waals surface area (Å²) in [5.41, 5.74) is 7.06. The quantitative estimate of drug-likeness (QED) is 0.799. The Bertz CT molecular complexity index is 312. The van der Waals surface area contributed by atoms with E-state index in [0.29, 0.717) is 0 Å². The third kappa shape index (κ3) is 3.26. The van der Waals surface area contributed by atoms with Gasteiger partial charge in [0.1, 0.15) is 0 Å². The van der Waals surface area contributed by atoms with E-state index in [1.54, 1.807) is 0 Å². The van der Waals surface area contributed by atoms with Crippen LogP contribution in [0.1, 0.15) is 44.2 Å². The molecule has 0 radical (unpaired) electrons. The van der Waals surface area contributed by atoms with Crippen LogP contribution in [-0.2, 0) is 0 Å². The molecule has 1 aliphatic rings. The van der Waals surface area contributed by atoms with Crippen molar-refractivity contribution >= 4 is 11.8 Å². The van der Waals surface area contributed by atoms with Gasteiger partial charge in [-0.15, -0.1) is 11.8 Å². The zero-order valence-corrected chi connectivity index (χ0v) is 10.8. The van der Waals surface area contributed by atoms with E-state index in [2.05, 4.69) is 24.3 Å². The summed E-state index contributed by atoms with van der Waals surface area (Å²) < 4.78 is 0. The first-order chi connectivity index (χ1) is 7.75. The highest BCUT2D eigenvalue weighted by molar-refractivity contribution is 7.99. The summed E-state index contributed by atoms with van der Waals surface area (Å²) in [4.78, 5) is 1.39. The first-order valence-electron chi connectivity index (χ1n) is 6.24. The van der Waals surface area contributed by atoms with Crippen molar-refractivity contribution in [1.82, 2.24) is 0 Å². The summed E-state index contributed by atoms with van der Waals surface area (Å²) in [5.74, 6) is 2.25. The van der Waals surface area contributed by atoms with Gasteiger partial charge in [-0.3, -0.25) is 0 Å². The van der Waals surface area contributed by atoms with E-state index >= 15 is 0 Å². The van der Waals surface area contributed by atoms with Crippen molar-refractivity contribution < 1.29 is 0 Å². The van der Waals surface area contributed by atoms with Gasteiger partial charge in [-0.1, -0.05) is 25.0 Å². The van der Waals surface area contributed by atoms with Gasteiger partial charge >= 0.3 is 0 Å². The van der Waals surface area contributed by atoms with Crippen molar-refractivity contribution in [3.05, 3.63) is 29.8 Å². The van der Waals surface area contributed by atoms with Crippen LogP contribution >= 0.6 is 11.8 Å². The van der Waals surface area contributed by atoms with Gasteiger partial charge in [0.05, 0.1) is 0 Å². The lowest BCUT2D eigenvalue weighted by Gasteiger charge is -2.09. The number of thioether (sulfide) groups is 1. The number of rotatable bonds is 4. The highest BCUT2D eigenvalue weighted by Gasteiger charge is 2.14. The molecule has 16 heavy (non-hydrogen) atoms. The first-order valence-corrected chi connectivity index (χ1v) is 7.22. The van der Waals surface area contributed by atoms with E-state index in [4.69, 9.17) is 5.73 Å². The Morgan fingerprint density at radius 1 is 1.25 bits per heavy atom. The van der Waals surface area contributed by atoms with Gasteiger partial charge in [0, 0.05) is 16.7 Å². The molecule has 0 bridgehead atoms. The van der Waals surface area contributed by atoms with Crippen LogP contribution in [0.3, 0.4) is 0 Å². The average molecular weight is 235 g/mol. The predicted octanol–water partition coefficient (Wildman–Crippen LogP) is 3.99. The second-order valence-corrected chi connectivity index (χ2v) is 5.91. The molecule has 0 saturated heterocycles. The Kier molecular flexibility index (Phi) is 4.30. The molecule has 2 heteroatoms. The van der Waals surface area contributed by atoms with E-state index in [-0.39, 0.29) is 6.04 Å². The van der Waals surface area contributed by atoms with E-state index < -0.39 is 0 Å². The molecule has 1 aromatic rings. The topological polar surface area (TPSA) is 26.0 Å². The van der Waals surface area contributed by atoms with Gasteiger partial charge < -0.3 is 5.73 Å². The molecule has 1 saturated carbocycles. The van der Waals surface area contributed by atoms with Crippen LogP contribution in [0.25, 0.3) is 0 Å². The van der Waals surface area contributed by atoms with Crippen molar-refractivity contribution in [1.29, 1.82) is 0 Å². The Balaban J connectivity index is 1.84. The molecule has 0 spiro atoms. The van der Waals surface area contributed by atoms with E-state index in [0.717, 1.165) is 5.92 Å². The minimum absolute atomic E-state index is 0.147. The van der Waals surface area contributed by atoms with E-state index in [1.165, 1.54) is 41.9 Å². The molecule has 1 atom stereocenters. The molecule has 2 rings (SSSR count). The maximum atomic E-state index is 5.83. The lowest BCUT2D eigenvalue weighted by atomic mass is 10.1. The van der Waals surface area contributed by atoms with Crippen molar-refractivity contribution in [2.45, 2.75) is 43.5 Å². The molecule has 0 amide bonds. The van der Waals surface area contributed by atoms with Crippen molar-refractivity contribution in [3.8, 4) is 0 Å². The molecular formula is C14H21NS. The zero-order chi connectivity index (χ0) is 11.4. The molecule has 1 fully saturated rings. The number of benzene rings is 1. The summed E-state index contributed by atoms with van der Waals surface area (Å²) in [6.07, 6.45) is 5.75. The van der Waals surface area contributed by atoms with Gasteiger partial charge in [-0.05, 0) is 43.4 Å². The Morgan fingerprint density at radius 2 is 1.88 bits per heavy atom. The summed E-state index contributed by atoms with van der Waals surface area (Å²) in [5, 5.41) is 0. The monoisotopic (exact) mass is 235 g/mol. The van der Waals surface area contributed by atoms with Gasteiger partial charge in [0.25, 0.3) is 0 Å². The van der Waals surface area contributed by atoms with Crippen LogP contribution in [-0.4, -0.2) is 5.75 Å². The van der Waals surface area contributed by atoms with Gasteiger partial charge in [-0.2, -0.15) is 0 Å². The molecule has 2 N–H and O–H groups in total. The fourth-order valence-corrected chi connectivity index (χ4v) is 3.35. The molecular weight excluding hydrogens is 214 g/mol. The molecule has 0 heterocycles. The maximum Gasteiger partial charge on any atom is 0.0266 e. The minimum atomic E-state index is 0.147. The smallest absolute Gasteiger partial charge is 0.0266 e. The standard InChI is InChI=1S/C14H21NS/c1-11(15)13-6-8-14(9-7-13)16-10-12-4-2-3-5-12/h6-9,11-12H,2-5,10,15H2,1H3. The molecule has 0 aromatic heterocycles. The van der Waals surface area contributed by atoms with Crippen LogP contribution < -0.4 is 5.73 Å². The highest BCUT2D eigenvalue weighted by Crippen LogP contribution is 2.31. The maximum absolute atomic E-state index is 5.83.